The fraction of sp³-hybridized carbons (Fsp3) is 0.0588. The second-order valence-corrected chi connectivity index (χ2v) is 5.53. The maximum atomic E-state index is 11.7. The lowest BCUT2D eigenvalue weighted by atomic mass is 10.2. The van der Waals surface area contributed by atoms with Crippen LogP contribution in [0.3, 0.4) is 0 Å². The Morgan fingerprint density at radius 1 is 1.23 bits per heavy atom. The molecule has 0 saturated carbocycles. The molecular weight excluding hydrogens is 296 g/mol. The van der Waals surface area contributed by atoms with E-state index in [1.807, 2.05) is 47.8 Å². The molecule has 22 heavy (non-hydrogen) atoms. The summed E-state index contributed by atoms with van der Waals surface area (Å²) in [6.07, 6.45) is 4.95. The second-order valence-electron chi connectivity index (χ2n) is 4.55. The number of benzene rings is 1. The molecule has 3 aromatic rings. The van der Waals surface area contributed by atoms with E-state index in [-0.39, 0.29) is 12.5 Å². The van der Waals surface area contributed by atoms with Crippen molar-refractivity contribution in [1.82, 2.24) is 10.3 Å². The van der Waals surface area contributed by atoms with Crippen LogP contribution in [0.1, 0.15) is 10.8 Å². The van der Waals surface area contributed by atoms with Crippen LogP contribution in [0.4, 0.5) is 0 Å². The molecule has 0 bridgehead atoms. The summed E-state index contributed by atoms with van der Waals surface area (Å²) in [4.78, 5) is 16.9. The van der Waals surface area contributed by atoms with Crippen molar-refractivity contribution in [2.24, 2.45) is 0 Å². The van der Waals surface area contributed by atoms with E-state index in [9.17, 15) is 4.79 Å². The zero-order chi connectivity index (χ0) is 15.2. The largest absolute Gasteiger partial charge is 0.439 e. The molecule has 1 amide bonds. The third-order valence-corrected chi connectivity index (χ3v) is 3.81. The van der Waals surface area contributed by atoms with Crippen LogP contribution in [0.2, 0.25) is 0 Å². The molecule has 0 atom stereocenters. The summed E-state index contributed by atoms with van der Waals surface area (Å²) < 4.78 is 5.62. The molecule has 0 radical (unpaired) electrons. The summed E-state index contributed by atoms with van der Waals surface area (Å²) in [7, 11) is 0. The van der Waals surface area contributed by atoms with Gasteiger partial charge in [-0.3, -0.25) is 4.79 Å². The zero-order valence-electron chi connectivity index (χ0n) is 11.7. The molecule has 1 N–H and O–H groups in total. The van der Waals surface area contributed by atoms with Gasteiger partial charge in [0, 0.05) is 16.5 Å². The molecule has 0 spiro atoms. The normalized spacial score (nSPS) is 10.9. The minimum absolute atomic E-state index is 0.173. The maximum Gasteiger partial charge on any atom is 0.244 e. The van der Waals surface area contributed by atoms with Crippen molar-refractivity contribution in [2.75, 3.05) is 0 Å². The molecule has 0 aliphatic heterocycles. The van der Waals surface area contributed by atoms with E-state index in [0.29, 0.717) is 11.7 Å². The van der Waals surface area contributed by atoms with E-state index in [0.717, 1.165) is 10.4 Å². The second kappa shape index (κ2) is 6.87. The highest BCUT2D eigenvalue weighted by atomic mass is 32.1. The van der Waals surface area contributed by atoms with Crippen LogP contribution in [0.15, 0.2) is 64.5 Å². The van der Waals surface area contributed by atoms with E-state index in [4.69, 9.17) is 4.42 Å². The zero-order valence-corrected chi connectivity index (χ0v) is 12.5. The third kappa shape index (κ3) is 3.71. The van der Waals surface area contributed by atoms with Crippen LogP contribution in [0.5, 0.6) is 0 Å². The van der Waals surface area contributed by atoms with Crippen molar-refractivity contribution in [3.8, 4) is 11.3 Å². The highest BCUT2D eigenvalue weighted by Gasteiger charge is 2.06. The number of aromatic nitrogens is 1. The fourth-order valence-electron chi connectivity index (χ4n) is 1.89. The summed E-state index contributed by atoms with van der Waals surface area (Å²) in [6, 6.07) is 13.6. The fourth-order valence-corrected chi connectivity index (χ4v) is 2.51. The van der Waals surface area contributed by atoms with E-state index in [1.165, 1.54) is 6.08 Å². The van der Waals surface area contributed by atoms with Gasteiger partial charge >= 0.3 is 0 Å². The van der Waals surface area contributed by atoms with Gasteiger partial charge in [0.15, 0.2) is 5.76 Å². The number of amides is 1. The van der Waals surface area contributed by atoms with Gasteiger partial charge in [-0.2, -0.15) is 0 Å². The van der Waals surface area contributed by atoms with Gasteiger partial charge in [0.1, 0.15) is 0 Å². The Morgan fingerprint density at radius 3 is 2.86 bits per heavy atom. The van der Waals surface area contributed by atoms with Crippen molar-refractivity contribution >= 4 is 23.3 Å². The lowest BCUT2D eigenvalue weighted by Crippen LogP contribution is -2.20. The van der Waals surface area contributed by atoms with Crippen LogP contribution in [0, 0.1) is 0 Å². The number of carbonyl (C=O) groups excluding carboxylic acids is 1. The van der Waals surface area contributed by atoms with Crippen molar-refractivity contribution in [3.05, 3.63) is 70.9 Å². The molecule has 5 heteroatoms. The highest BCUT2D eigenvalue weighted by Crippen LogP contribution is 2.19. The topological polar surface area (TPSA) is 55.1 Å². The van der Waals surface area contributed by atoms with E-state index >= 15 is 0 Å². The van der Waals surface area contributed by atoms with Crippen molar-refractivity contribution < 1.29 is 9.21 Å². The first-order valence-corrected chi connectivity index (χ1v) is 7.69. The monoisotopic (exact) mass is 310 g/mol. The van der Waals surface area contributed by atoms with Crippen LogP contribution >= 0.6 is 11.3 Å². The predicted molar refractivity (Wildman–Crippen MR) is 87.1 cm³/mol. The number of nitrogens with zero attached hydrogens (tertiary/aromatic N) is 1. The van der Waals surface area contributed by atoms with Gasteiger partial charge in [0.05, 0.1) is 12.7 Å². The van der Waals surface area contributed by atoms with Gasteiger partial charge in [-0.1, -0.05) is 36.4 Å². The van der Waals surface area contributed by atoms with Gasteiger partial charge in [0.2, 0.25) is 11.8 Å². The van der Waals surface area contributed by atoms with Gasteiger partial charge in [-0.05, 0) is 17.5 Å². The number of rotatable bonds is 5. The quantitative estimate of drug-likeness (QED) is 0.731. The van der Waals surface area contributed by atoms with Crippen LogP contribution in [0.25, 0.3) is 17.4 Å². The average molecular weight is 310 g/mol. The minimum atomic E-state index is -0.173. The SMILES string of the molecule is O=C(/C=C/c1cccs1)NCc1ncc(-c2ccccc2)o1. The first-order valence-electron chi connectivity index (χ1n) is 6.81. The summed E-state index contributed by atoms with van der Waals surface area (Å²) in [5.41, 5.74) is 0.963. The third-order valence-electron chi connectivity index (χ3n) is 2.97. The van der Waals surface area contributed by atoms with Crippen LogP contribution < -0.4 is 5.32 Å². The van der Waals surface area contributed by atoms with Crippen molar-refractivity contribution in [1.29, 1.82) is 0 Å². The molecule has 2 aromatic heterocycles. The molecule has 0 unspecified atom stereocenters. The molecule has 4 nitrogen and oxygen atoms in total. The summed E-state index contributed by atoms with van der Waals surface area (Å²) in [6.45, 7) is 0.264. The first-order chi connectivity index (χ1) is 10.8. The molecule has 0 aliphatic rings. The lowest BCUT2D eigenvalue weighted by Gasteiger charge is -1.98. The van der Waals surface area contributed by atoms with E-state index in [1.54, 1.807) is 23.6 Å². The number of nitrogens with one attached hydrogen (secondary N) is 1. The Bertz CT molecular complexity index is 761. The van der Waals surface area contributed by atoms with Crippen LogP contribution in [-0.2, 0) is 11.3 Å². The van der Waals surface area contributed by atoms with Gasteiger partial charge < -0.3 is 9.73 Å². The standard InChI is InChI=1S/C17H14N2O2S/c20-16(9-8-14-7-4-10-22-14)18-12-17-19-11-15(21-17)13-5-2-1-3-6-13/h1-11H,12H2,(H,18,20)/b9-8+. The number of carbonyl (C=O) groups is 1. The first kappa shape index (κ1) is 14.3. The molecule has 3 rings (SSSR count). The summed E-state index contributed by atoms with van der Waals surface area (Å²) in [5, 5.41) is 4.72. The van der Waals surface area contributed by atoms with Gasteiger partial charge in [0.25, 0.3) is 0 Å². The molecule has 2 heterocycles. The number of oxazole rings is 1. The molecular formula is C17H14N2O2S. The maximum absolute atomic E-state index is 11.7. The number of thiophene rings is 1. The van der Waals surface area contributed by atoms with Crippen LogP contribution in [-0.4, -0.2) is 10.9 Å². The van der Waals surface area contributed by atoms with E-state index < -0.39 is 0 Å². The Morgan fingerprint density at radius 2 is 2.09 bits per heavy atom. The molecule has 110 valence electrons. The number of hydrogen-bond acceptors (Lipinski definition) is 4. The highest BCUT2D eigenvalue weighted by molar-refractivity contribution is 7.10. The Labute approximate surface area is 132 Å². The van der Waals surface area contributed by atoms with Gasteiger partial charge in [-0.25, -0.2) is 4.98 Å². The van der Waals surface area contributed by atoms with Crippen molar-refractivity contribution in [3.63, 3.8) is 0 Å². The Hall–Kier alpha value is -2.66. The summed E-state index contributed by atoms with van der Waals surface area (Å²) >= 11 is 1.58. The molecule has 0 aliphatic carbocycles. The molecule has 1 aromatic carbocycles. The predicted octanol–water partition coefficient (Wildman–Crippen LogP) is 3.73. The van der Waals surface area contributed by atoms with E-state index in [2.05, 4.69) is 10.3 Å². The van der Waals surface area contributed by atoms with Gasteiger partial charge in [-0.15, -0.1) is 11.3 Å². The average Bonchev–Trinajstić information content (AvgIpc) is 3.23. The minimum Gasteiger partial charge on any atom is -0.439 e. The smallest absolute Gasteiger partial charge is 0.244 e. The van der Waals surface area contributed by atoms with Crippen molar-refractivity contribution in [2.45, 2.75) is 6.54 Å². The number of hydrogen-bond donors (Lipinski definition) is 1. The Balaban J connectivity index is 1.56. The molecule has 0 saturated heterocycles. The lowest BCUT2D eigenvalue weighted by molar-refractivity contribution is -0.116. The summed E-state index contributed by atoms with van der Waals surface area (Å²) in [5.74, 6) is 1.00. The molecule has 0 fully saturated rings. The Kier molecular flexibility index (Phi) is 4.46.